The molecule has 3 aromatic carbocycles. The number of nitrogens with zero attached hydrogens (tertiary/aromatic N) is 1. The molecule has 12 nitrogen and oxygen atoms in total. The maximum Gasteiger partial charge on any atom is 0.349 e. The Labute approximate surface area is 283 Å². The number of carbonyl (C=O) groups excluding carboxylic acids is 1. The van der Waals surface area contributed by atoms with Gasteiger partial charge < -0.3 is 49.9 Å². The van der Waals surface area contributed by atoms with Crippen molar-refractivity contribution in [2.75, 3.05) is 44.8 Å². The molecule has 2 aliphatic heterocycles. The van der Waals surface area contributed by atoms with Crippen molar-refractivity contribution in [2.45, 2.75) is 55.9 Å². The molecule has 2 aliphatic rings. The van der Waals surface area contributed by atoms with Gasteiger partial charge in [-0.2, -0.15) is 0 Å². The van der Waals surface area contributed by atoms with Crippen LogP contribution in [-0.4, -0.2) is 96.7 Å². The van der Waals surface area contributed by atoms with Crippen LogP contribution in [0.25, 0.3) is 11.0 Å². The van der Waals surface area contributed by atoms with E-state index in [1.165, 1.54) is 34.6 Å². The molecule has 3 heterocycles. The minimum absolute atomic E-state index is 0.125. The molecule has 0 aliphatic carbocycles. The van der Waals surface area contributed by atoms with Crippen LogP contribution in [0.15, 0.2) is 82.0 Å². The van der Waals surface area contributed by atoms with Gasteiger partial charge in [-0.15, -0.1) is 0 Å². The Hall–Kier alpha value is -4.14. The molecule has 6 atom stereocenters. The molecule has 0 bridgehead atoms. The number of hydrogen-bond acceptors (Lipinski definition) is 11. The van der Waals surface area contributed by atoms with Gasteiger partial charge in [0.1, 0.15) is 41.7 Å². The largest absolute Gasteiger partial charge is 0.422 e. The topological polar surface area (TPSA) is 174 Å². The Balaban J connectivity index is 1.06. The number of anilines is 2. The number of para-hydroxylation sites is 2. The molecule has 12 heteroatoms. The van der Waals surface area contributed by atoms with Gasteiger partial charge in [0.15, 0.2) is 0 Å². The van der Waals surface area contributed by atoms with Crippen molar-refractivity contribution >= 4 is 28.3 Å². The van der Waals surface area contributed by atoms with E-state index in [0.717, 1.165) is 12.8 Å². The summed E-state index contributed by atoms with van der Waals surface area (Å²) < 4.78 is 17.4. The number of nitrogens with one attached hydrogen (secondary N) is 2. The van der Waals surface area contributed by atoms with Gasteiger partial charge in [-0.3, -0.25) is 4.79 Å². The van der Waals surface area contributed by atoms with E-state index in [0.29, 0.717) is 37.1 Å². The molecule has 1 unspecified atom stereocenters. The molecule has 1 fully saturated rings. The zero-order chi connectivity index (χ0) is 34.5. The molecule has 49 heavy (non-hydrogen) atoms. The average Bonchev–Trinajstić information content (AvgIpc) is 3.27. The number of aliphatic hydroxyl groups is 4. The van der Waals surface area contributed by atoms with Crippen LogP contribution < -0.4 is 21.2 Å². The number of carbonyl (C=O) groups is 1. The van der Waals surface area contributed by atoms with E-state index in [2.05, 4.69) is 64.1 Å². The molecule has 1 aromatic heterocycles. The standard InChI is InChI=1S/C37H43N3O9/c1-38-19-26(20-40-28-9-4-2-7-22(28)11-12-23-8-3-5-10-29(23)40)47-16-6-15-39-36(45)27-17-24-13-14-25(18-30(24)49-37(27)46)35-34(44)33(43)32(42)31(21-41)48-35/h2-5,7-10,13-14,17-18,26,31-35,38,41-44H,6,11-12,15-16,19-21H2,1H3,(H,39,45)/t26?,31-,32+,33+,34-,35+/m1/s1. The third-order valence-electron chi connectivity index (χ3n) is 9.23. The summed E-state index contributed by atoms with van der Waals surface area (Å²) in [5.74, 6) is -0.571. The number of hydrogen-bond donors (Lipinski definition) is 6. The molecule has 6 rings (SSSR count). The summed E-state index contributed by atoms with van der Waals surface area (Å²) in [7, 11) is 1.90. The Bertz CT molecular complexity index is 1760. The third kappa shape index (κ3) is 7.55. The minimum Gasteiger partial charge on any atom is -0.422 e. The van der Waals surface area contributed by atoms with Gasteiger partial charge in [0, 0.05) is 36.5 Å². The number of benzene rings is 3. The lowest BCUT2D eigenvalue weighted by Gasteiger charge is -2.40. The lowest BCUT2D eigenvalue weighted by Crippen LogP contribution is -2.55. The SMILES string of the molecule is CNCC(CN1c2ccccc2CCc2ccccc21)OCCCNC(=O)c1cc2ccc([C@@H]3O[C@H](CO)[C@H](O)[C@H](O)[C@H]3O)cc2oc1=O. The van der Waals surface area contributed by atoms with Crippen molar-refractivity contribution in [1.29, 1.82) is 0 Å². The first kappa shape index (κ1) is 34.7. The van der Waals surface area contributed by atoms with E-state index < -0.39 is 48.7 Å². The normalized spacial score (nSPS) is 22.6. The van der Waals surface area contributed by atoms with Gasteiger partial charge in [-0.05, 0) is 67.3 Å². The Kier molecular flexibility index (Phi) is 11.1. The number of amides is 1. The lowest BCUT2D eigenvalue weighted by molar-refractivity contribution is -0.231. The lowest BCUT2D eigenvalue weighted by atomic mass is 9.91. The van der Waals surface area contributed by atoms with Crippen LogP contribution in [0.4, 0.5) is 11.4 Å². The molecule has 1 saturated heterocycles. The van der Waals surface area contributed by atoms with Crippen molar-refractivity contribution < 1.29 is 39.1 Å². The van der Waals surface area contributed by atoms with E-state index in [1.54, 1.807) is 12.1 Å². The summed E-state index contributed by atoms with van der Waals surface area (Å²) in [5.41, 5.74) is 4.50. The third-order valence-corrected chi connectivity index (χ3v) is 9.23. The second-order valence-electron chi connectivity index (χ2n) is 12.5. The van der Waals surface area contributed by atoms with E-state index >= 15 is 0 Å². The Morgan fingerprint density at radius 3 is 2.33 bits per heavy atom. The van der Waals surface area contributed by atoms with Crippen molar-refractivity contribution in [3.63, 3.8) is 0 Å². The Morgan fingerprint density at radius 2 is 1.65 bits per heavy atom. The van der Waals surface area contributed by atoms with Crippen LogP contribution in [0.5, 0.6) is 0 Å². The summed E-state index contributed by atoms with van der Waals surface area (Å²) in [6, 6.07) is 23.1. The zero-order valence-electron chi connectivity index (χ0n) is 27.3. The van der Waals surface area contributed by atoms with Gasteiger partial charge in [0.2, 0.25) is 0 Å². The number of likely N-dealkylation sites (N-methyl/N-ethyl adjacent to an activating group) is 1. The second kappa shape index (κ2) is 15.6. The summed E-state index contributed by atoms with van der Waals surface area (Å²) in [6.07, 6.45) is -4.33. The predicted octanol–water partition coefficient (Wildman–Crippen LogP) is 1.97. The predicted molar refractivity (Wildman–Crippen MR) is 183 cm³/mol. The van der Waals surface area contributed by atoms with Crippen LogP contribution in [0.2, 0.25) is 0 Å². The van der Waals surface area contributed by atoms with Gasteiger partial charge in [0.25, 0.3) is 5.91 Å². The van der Waals surface area contributed by atoms with E-state index in [4.69, 9.17) is 13.9 Å². The molecule has 6 N–H and O–H groups in total. The first-order valence-electron chi connectivity index (χ1n) is 16.6. The monoisotopic (exact) mass is 673 g/mol. The van der Waals surface area contributed by atoms with Gasteiger partial charge in [-0.1, -0.05) is 48.5 Å². The van der Waals surface area contributed by atoms with Crippen LogP contribution in [0.1, 0.15) is 39.6 Å². The van der Waals surface area contributed by atoms with E-state index in [9.17, 15) is 30.0 Å². The smallest absolute Gasteiger partial charge is 0.349 e. The maximum atomic E-state index is 13.0. The van der Waals surface area contributed by atoms with Crippen molar-refractivity contribution in [2.24, 2.45) is 0 Å². The zero-order valence-corrected chi connectivity index (χ0v) is 27.3. The van der Waals surface area contributed by atoms with Crippen LogP contribution in [0.3, 0.4) is 0 Å². The summed E-state index contributed by atoms with van der Waals surface area (Å²) in [4.78, 5) is 28.1. The molecule has 260 valence electrons. The second-order valence-corrected chi connectivity index (χ2v) is 12.5. The number of ether oxygens (including phenoxy) is 2. The molecular formula is C37H43N3O9. The molecule has 0 spiro atoms. The molecular weight excluding hydrogens is 630 g/mol. The fraction of sp³-hybridized carbons (Fsp3) is 0.405. The van der Waals surface area contributed by atoms with E-state index in [-0.39, 0.29) is 23.8 Å². The average molecular weight is 674 g/mol. The quantitative estimate of drug-likeness (QED) is 0.0959. The first-order valence-corrected chi connectivity index (χ1v) is 16.6. The van der Waals surface area contributed by atoms with Crippen molar-refractivity contribution in [3.8, 4) is 0 Å². The maximum absolute atomic E-state index is 13.0. The van der Waals surface area contributed by atoms with Crippen molar-refractivity contribution in [1.82, 2.24) is 10.6 Å². The van der Waals surface area contributed by atoms with Gasteiger partial charge >= 0.3 is 5.63 Å². The summed E-state index contributed by atoms with van der Waals surface area (Å²) >= 11 is 0. The molecule has 0 radical (unpaired) electrons. The molecule has 4 aromatic rings. The highest BCUT2D eigenvalue weighted by Gasteiger charge is 2.44. The highest BCUT2D eigenvalue weighted by Crippen LogP contribution is 2.36. The van der Waals surface area contributed by atoms with E-state index in [1.807, 2.05) is 7.05 Å². The molecule has 1 amide bonds. The number of aliphatic hydroxyl groups excluding tert-OH is 4. The minimum atomic E-state index is -1.54. The number of aryl methyl sites for hydroxylation is 2. The van der Waals surface area contributed by atoms with Crippen LogP contribution >= 0.6 is 0 Å². The van der Waals surface area contributed by atoms with Gasteiger partial charge in [0.05, 0.1) is 19.3 Å². The summed E-state index contributed by atoms with van der Waals surface area (Å²) in [5, 5.41) is 46.7. The van der Waals surface area contributed by atoms with Crippen LogP contribution in [-0.2, 0) is 22.3 Å². The Morgan fingerprint density at radius 1 is 0.959 bits per heavy atom. The number of rotatable bonds is 12. The fourth-order valence-corrected chi connectivity index (χ4v) is 6.63. The molecule has 0 saturated carbocycles. The number of fused-ring (bicyclic) bond motifs is 3. The van der Waals surface area contributed by atoms with Crippen molar-refractivity contribution in [3.05, 3.63) is 105 Å². The van der Waals surface area contributed by atoms with Crippen LogP contribution in [0, 0.1) is 0 Å². The first-order chi connectivity index (χ1) is 23.8. The summed E-state index contributed by atoms with van der Waals surface area (Å²) in [6.45, 7) is 1.42. The fourth-order valence-electron chi connectivity index (χ4n) is 6.63. The highest BCUT2D eigenvalue weighted by atomic mass is 16.5. The van der Waals surface area contributed by atoms with Gasteiger partial charge in [-0.25, -0.2) is 4.79 Å². The highest BCUT2D eigenvalue weighted by molar-refractivity contribution is 5.96.